The second-order valence-corrected chi connectivity index (χ2v) is 6.70. The van der Waals surface area contributed by atoms with Crippen LogP contribution < -0.4 is 10.6 Å². The van der Waals surface area contributed by atoms with Gasteiger partial charge in [0.25, 0.3) is 0 Å². The van der Waals surface area contributed by atoms with E-state index in [2.05, 4.69) is 17.9 Å². The van der Waals surface area contributed by atoms with Gasteiger partial charge >= 0.3 is 0 Å². The Labute approximate surface area is 132 Å². The van der Waals surface area contributed by atoms with E-state index in [1.165, 1.54) is 49.8 Å². The molecule has 0 aliphatic heterocycles. The predicted octanol–water partition coefficient (Wildman–Crippen LogP) is 3.36. The van der Waals surface area contributed by atoms with Gasteiger partial charge in [-0.1, -0.05) is 31.5 Å². The lowest BCUT2D eigenvalue weighted by molar-refractivity contribution is 0.416. The van der Waals surface area contributed by atoms with Gasteiger partial charge < -0.3 is 10.6 Å². The minimum atomic E-state index is 0.487. The largest absolute Gasteiger partial charge is 0.389 e. The quantitative estimate of drug-likeness (QED) is 0.866. The van der Waals surface area contributed by atoms with Crippen LogP contribution in [0.1, 0.15) is 62.3 Å². The van der Waals surface area contributed by atoms with E-state index in [9.17, 15) is 0 Å². The fraction of sp³-hybridized carbons (Fsp3) is 0.647. The summed E-state index contributed by atoms with van der Waals surface area (Å²) in [5, 5.41) is 0. The first-order valence-electron chi connectivity index (χ1n) is 8.30. The highest BCUT2D eigenvalue weighted by atomic mass is 32.1. The van der Waals surface area contributed by atoms with Gasteiger partial charge in [-0.2, -0.15) is 0 Å². The first-order chi connectivity index (χ1) is 10.2. The highest BCUT2D eigenvalue weighted by Crippen LogP contribution is 2.31. The Morgan fingerprint density at radius 3 is 2.71 bits per heavy atom. The molecule has 2 aliphatic rings. The summed E-state index contributed by atoms with van der Waals surface area (Å²) < 4.78 is 0. The molecule has 1 aromatic rings. The third-order valence-corrected chi connectivity index (χ3v) is 5.14. The van der Waals surface area contributed by atoms with Crippen molar-refractivity contribution in [3.8, 4) is 0 Å². The van der Waals surface area contributed by atoms with Crippen LogP contribution in [0.25, 0.3) is 0 Å². The second-order valence-electron chi connectivity index (χ2n) is 6.26. The van der Waals surface area contributed by atoms with Crippen molar-refractivity contribution in [2.45, 2.75) is 64.3 Å². The van der Waals surface area contributed by atoms with Crippen LogP contribution in [-0.4, -0.2) is 22.6 Å². The third-order valence-electron chi connectivity index (χ3n) is 4.92. The van der Waals surface area contributed by atoms with Crippen LogP contribution in [0, 0.1) is 0 Å². The Kier molecular flexibility index (Phi) is 4.43. The number of thiocarbonyl (C=S) groups is 1. The van der Waals surface area contributed by atoms with E-state index >= 15 is 0 Å². The number of nitrogens with two attached hydrogens (primary N) is 1. The number of fused-ring (bicyclic) bond motifs is 1. The molecule has 0 atom stereocenters. The zero-order chi connectivity index (χ0) is 14.8. The van der Waals surface area contributed by atoms with Gasteiger partial charge in [0.1, 0.15) is 10.8 Å². The molecule has 1 fully saturated rings. The molecule has 1 heterocycles. The first kappa shape index (κ1) is 14.8. The number of nitrogens with zero attached hydrogens (tertiary/aromatic N) is 2. The molecule has 0 radical (unpaired) electrons. The van der Waals surface area contributed by atoms with E-state index in [0.29, 0.717) is 11.0 Å². The fourth-order valence-electron chi connectivity index (χ4n) is 3.84. The molecule has 0 unspecified atom stereocenters. The number of pyridine rings is 1. The molecule has 0 spiro atoms. The summed E-state index contributed by atoms with van der Waals surface area (Å²) in [6.07, 6.45) is 9.98. The lowest BCUT2D eigenvalue weighted by Gasteiger charge is -2.35. The minimum absolute atomic E-state index is 0.487. The molecule has 21 heavy (non-hydrogen) atoms. The number of rotatable bonds is 4. The average Bonchev–Trinajstić information content (AvgIpc) is 2.95. The van der Waals surface area contributed by atoms with Gasteiger partial charge in [0.2, 0.25) is 0 Å². The van der Waals surface area contributed by atoms with Crippen molar-refractivity contribution >= 4 is 23.0 Å². The zero-order valence-electron chi connectivity index (χ0n) is 12.9. The van der Waals surface area contributed by atoms with E-state index in [0.717, 1.165) is 30.8 Å². The Balaban J connectivity index is 1.99. The van der Waals surface area contributed by atoms with Crippen molar-refractivity contribution in [2.24, 2.45) is 5.73 Å². The summed E-state index contributed by atoms with van der Waals surface area (Å²) in [4.78, 5) is 7.92. The van der Waals surface area contributed by atoms with E-state index in [1.54, 1.807) is 0 Å². The van der Waals surface area contributed by atoms with Gasteiger partial charge in [-0.25, -0.2) is 4.98 Å². The monoisotopic (exact) mass is 303 g/mol. The molecular formula is C17H25N3S. The molecular weight excluding hydrogens is 278 g/mol. The summed E-state index contributed by atoms with van der Waals surface area (Å²) in [6.45, 7) is 3.19. The summed E-state index contributed by atoms with van der Waals surface area (Å²) in [7, 11) is 0. The minimum Gasteiger partial charge on any atom is -0.389 e. The van der Waals surface area contributed by atoms with E-state index < -0.39 is 0 Å². The molecule has 4 heteroatoms. The number of hydrogen-bond donors (Lipinski definition) is 1. The van der Waals surface area contributed by atoms with Gasteiger partial charge in [-0.15, -0.1) is 0 Å². The topological polar surface area (TPSA) is 42.2 Å². The molecule has 0 bridgehead atoms. The Morgan fingerprint density at radius 1 is 1.29 bits per heavy atom. The van der Waals surface area contributed by atoms with Crippen LogP contribution in [0.4, 0.5) is 5.82 Å². The molecule has 0 saturated heterocycles. The van der Waals surface area contributed by atoms with E-state index in [4.69, 9.17) is 22.9 Å². The number of hydrogen-bond acceptors (Lipinski definition) is 3. The normalized spacial score (nSPS) is 18.5. The molecule has 114 valence electrons. The van der Waals surface area contributed by atoms with Crippen molar-refractivity contribution in [1.82, 2.24) is 4.98 Å². The average molecular weight is 303 g/mol. The van der Waals surface area contributed by atoms with Gasteiger partial charge in [-0.3, -0.25) is 0 Å². The molecule has 2 aliphatic carbocycles. The third kappa shape index (κ3) is 2.91. The summed E-state index contributed by atoms with van der Waals surface area (Å²) in [5.74, 6) is 1.04. The lowest BCUT2D eigenvalue weighted by atomic mass is 9.93. The van der Waals surface area contributed by atoms with Crippen LogP contribution in [0.15, 0.2) is 6.07 Å². The van der Waals surface area contributed by atoms with Crippen molar-refractivity contribution in [3.63, 3.8) is 0 Å². The predicted molar refractivity (Wildman–Crippen MR) is 92.0 cm³/mol. The van der Waals surface area contributed by atoms with Crippen molar-refractivity contribution in [3.05, 3.63) is 22.9 Å². The van der Waals surface area contributed by atoms with Crippen LogP contribution in [0.5, 0.6) is 0 Å². The SMILES string of the molecule is CCN(c1nc2c(cc1C(N)=S)CCC2)C1CCCCC1. The van der Waals surface area contributed by atoms with Crippen LogP contribution in [0.2, 0.25) is 0 Å². The number of aryl methyl sites for hydroxylation is 2. The maximum absolute atomic E-state index is 6.00. The Hall–Kier alpha value is -1.16. The molecule has 0 aromatic carbocycles. The summed E-state index contributed by atoms with van der Waals surface area (Å²) in [5.41, 5.74) is 9.59. The highest BCUT2D eigenvalue weighted by molar-refractivity contribution is 7.80. The molecule has 1 aromatic heterocycles. The molecule has 0 amide bonds. The Bertz CT molecular complexity index is 535. The van der Waals surface area contributed by atoms with Crippen molar-refractivity contribution in [2.75, 3.05) is 11.4 Å². The van der Waals surface area contributed by atoms with Crippen LogP contribution in [0.3, 0.4) is 0 Å². The molecule has 2 N–H and O–H groups in total. The van der Waals surface area contributed by atoms with E-state index in [-0.39, 0.29) is 0 Å². The maximum atomic E-state index is 6.00. The van der Waals surface area contributed by atoms with Crippen molar-refractivity contribution in [1.29, 1.82) is 0 Å². The number of anilines is 1. The fourth-order valence-corrected chi connectivity index (χ4v) is 3.99. The number of aromatic nitrogens is 1. The van der Waals surface area contributed by atoms with Gasteiger partial charge in [-0.05, 0) is 50.7 Å². The lowest BCUT2D eigenvalue weighted by Crippen LogP contribution is -2.38. The zero-order valence-corrected chi connectivity index (χ0v) is 13.7. The van der Waals surface area contributed by atoms with Gasteiger partial charge in [0, 0.05) is 18.3 Å². The van der Waals surface area contributed by atoms with Crippen LogP contribution >= 0.6 is 12.2 Å². The standard InChI is InChI=1S/C17H25N3S/c1-2-20(13-8-4-3-5-9-13)17-14(16(18)21)11-12-7-6-10-15(12)19-17/h11,13H,2-10H2,1H3,(H2,18,21). The molecule has 3 rings (SSSR count). The first-order valence-corrected chi connectivity index (χ1v) is 8.70. The molecule has 3 nitrogen and oxygen atoms in total. The van der Waals surface area contributed by atoms with Crippen molar-refractivity contribution < 1.29 is 0 Å². The Morgan fingerprint density at radius 2 is 2.05 bits per heavy atom. The highest BCUT2D eigenvalue weighted by Gasteiger charge is 2.26. The smallest absolute Gasteiger partial charge is 0.139 e. The summed E-state index contributed by atoms with van der Waals surface area (Å²) >= 11 is 5.30. The van der Waals surface area contributed by atoms with Crippen LogP contribution in [-0.2, 0) is 12.8 Å². The molecule has 1 saturated carbocycles. The van der Waals surface area contributed by atoms with Gasteiger partial charge in [0.15, 0.2) is 0 Å². The van der Waals surface area contributed by atoms with E-state index in [1.807, 2.05) is 0 Å². The maximum Gasteiger partial charge on any atom is 0.139 e. The summed E-state index contributed by atoms with van der Waals surface area (Å²) in [6, 6.07) is 2.81. The van der Waals surface area contributed by atoms with Gasteiger partial charge in [0.05, 0.1) is 5.56 Å². The second kappa shape index (κ2) is 6.30.